The second kappa shape index (κ2) is 7.68. The molecule has 1 amide bonds. The van der Waals surface area contributed by atoms with E-state index < -0.39 is 11.9 Å². The van der Waals surface area contributed by atoms with Crippen molar-refractivity contribution >= 4 is 23.5 Å². The lowest BCUT2D eigenvalue weighted by Crippen LogP contribution is -2.45. The highest BCUT2D eigenvalue weighted by Crippen LogP contribution is 2.26. The van der Waals surface area contributed by atoms with Crippen LogP contribution in [0.3, 0.4) is 0 Å². The van der Waals surface area contributed by atoms with Crippen LogP contribution < -0.4 is 4.74 Å². The number of methoxy groups -OCH3 is 1. The molecular formula is C17H22ClNO4. The fourth-order valence-electron chi connectivity index (χ4n) is 3.01. The van der Waals surface area contributed by atoms with Gasteiger partial charge in [-0.1, -0.05) is 24.6 Å². The minimum Gasteiger partial charge on any atom is -0.495 e. The third kappa shape index (κ3) is 4.61. The number of hydrogen-bond acceptors (Lipinski definition) is 3. The number of halogens is 1. The van der Waals surface area contributed by atoms with Crippen LogP contribution in [0.15, 0.2) is 18.2 Å². The molecule has 126 valence electrons. The first kappa shape index (κ1) is 17.6. The first-order valence-electron chi connectivity index (χ1n) is 7.73. The predicted octanol–water partition coefficient (Wildman–Crippen LogP) is 2.85. The number of amides is 1. The average molecular weight is 340 g/mol. The van der Waals surface area contributed by atoms with E-state index >= 15 is 0 Å². The van der Waals surface area contributed by atoms with Crippen LogP contribution in [0.2, 0.25) is 5.02 Å². The molecule has 2 unspecified atom stereocenters. The van der Waals surface area contributed by atoms with E-state index in [0.29, 0.717) is 43.1 Å². The van der Waals surface area contributed by atoms with Crippen molar-refractivity contribution in [1.29, 1.82) is 0 Å². The number of carbonyl (C=O) groups excluding carboxylic acids is 1. The van der Waals surface area contributed by atoms with Gasteiger partial charge >= 0.3 is 5.97 Å². The number of piperidine rings is 1. The van der Waals surface area contributed by atoms with Gasteiger partial charge in [-0.05, 0) is 36.5 Å². The van der Waals surface area contributed by atoms with Gasteiger partial charge in [-0.25, -0.2) is 0 Å². The van der Waals surface area contributed by atoms with E-state index in [1.165, 1.54) is 0 Å². The molecule has 6 heteroatoms. The summed E-state index contributed by atoms with van der Waals surface area (Å²) in [6, 6.07) is 5.47. The molecule has 0 spiro atoms. The summed E-state index contributed by atoms with van der Waals surface area (Å²) in [5.74, 6) is -0.468. The van der Waals surface area contributed by atoms with Crippen LogP contribution in [0.1, 0.15) is 25.3 Å². The zero-order valence-electron chi connectivity index (χ0n) is 13.4. The van der Waals surface area contributed by atoms with Crippen molar-refractivity contribution in [1.82, 2.24) is 4.90 Å². The summed E-state index contributed by atoms with van der Waals surface area (Å²) in [7, 11) is 1.56. The van der Waals surface area contributed by atoms with Crippen LogP contribution >= 0.6 is 11.6 Å². The smallest absolute Gasteiger partial charge is 0.308 e. The Kier molecular flexibility index (Phi) is 5.88. The second-order valence-corrected chi connectivity index (χ2v) is 6.55. The van der Waals surface area contributed by atoms with Gasteiger partial charge in [-0.15, -0.1) is 0 Å². The highest BCUT2D eigenvalue weighted by molar-refractivity contribution is 6.32. The fourth-order valence-corrected chi connectivity index (χ4v) is 3.29. The molecule has 1 N–H and O–H groups in total. The number of hydrogen-bond donors (Lipinski definition) is 1. The molecule has 1 aromatic carbocycles. The molecule has 0 saturated carbocycles. The number of rotatable bonds is 5. The average Bonchev–Trinajstić information content (AvgIpc) is 2.52. The second-order valence-electron chi connectivity index (χ2n) is 6.14. The van der Waals surface area contributed by atoms with Gasteiger partial charge in [0.1, 0.15) is 5.75 Å². The summed E-state index contributed by atoms with van der Waals surface area (Å²) in [5.41, 5.74) is 0.962. The zero-order valence-corrected chi connectivity index (χ0v) is 14.2. The Morgan fingerprint density at radius 3 is 2.74 bits per heavy atom. The number of aryl methyl sites for hydroxylation is 1. The molecule has 1 fully saturated rings. The van der Waals surface area contributed by atoms with Crippen LogP contribution in [0.25, 0.3) is 0 Å². The first-order chi connectivity index (χ1) is 10.9. The SMILES string of the molecule is COc1ccc(CCC(=O)N2CC(C)CC(C(=O)O)C2)cc1Cl. The van der Waals surface area contributed by atoms with E-state index in [2.05, 4.69) is 0 Å². The standard InChI is InChI=1S/C17H22ClNO4/c1-11-7-13(17(21)22)10-19(9-11)16(20)6-4-12-3-5-15(23-2)14(18)8-12/h3,5,8,11,13H,4,6-7,9-10H2,1-2H3,(H,21,22). The Morgan fingerprint density at radius 2 is 2.13 bits per heavy atom. The third-order valence-corrected chi connectivity index (χ3v) is 4.50. The molecule has 1 saturated heterocycles. The molecule has 1 aromatic rings. The molecule has 1 aliphatic rings. The molecule has 0 bridgehead atoms. The number of nitrogens with zero attached hydrogens (tertiary/aromatic N) is 1. The molecular weight excluding hydrogens is 318 g/mol. The van der Waals surface area contributed by atoms with E-state index in [4.69, 9.17) is 16.3 Å². The van der Waals surface area contributed by atoms with Crippen molar-refractivity contribution < 1.29 is 19.4 Å². The molecule has 0 radical (unpaired) electrons. The Bertz CT molecular complexity index is 590. The van der Waals surface area contributed by atoms with Gasteiger partial charge in [-0.3, -0.25) is 9.59 Å². The maximum absolute atomic E-state index is 12.4. The third-order valence-electron chi connectivity index (χ3n) is 4.21. The largest absolute Gasteiger partial charge is 0.495 e. The number of ether oxygens (including phenoxy) is 1. The van der Waals surface area contributed by atoms with Gasteiger partial charge in [-0.2, -0.15) is 0 Å². The van der Waals surface area contributed by atoms with Gasteiger partial charge in [0.2, 0.25) is 5.91 Å². The number of likely N-dealkylation sites (tertiary alicyclic amines) is 1. The maximum Gasteiger partial charge on any atom is 0.308 e. The van der Waals surface area contributed by atoms with E-state index in [0.717, 1.165) is 5.56 Å². The Morgan fingerprint density at radius 1 is 1.39 bits per heavy atom. The van der Waals surface area contributed by atoms with Crippen molar-refractivity contribution in [3.05, 3.63) is 28.8 Å². The molecule has 5 nitrogen and oxygen atoms in total. The van der Waals surface area contributed by atoms with Crippen molar-refractivity contribution in [2.24, 2.45) is 11.8 Å². The van der Waals surface area contributed by atoms with Crippen LogP contribution in [0.4, 0.5) is 0 Å². The summed E-state index contributed by atoms with van der Waals surface area (Å²) in [6.07, 6.45) is 1.56. The van der Waals surface area contributed by atoms with E-state index in [1.807, 2.05) is 13.0 Å². The summed E-state index contributed by atoms with van der Waals surface area (Å²) in [6.45, 7) is 2.92. The summed E-state index contributed by atoms with van der Waals surface area (Å²) < 4.78 is 5.10. The highest BCUT2D eigenvalue weighted by Gasteiger charge is 2.31. The van der Waals surface area contributed by atoms with Crippen molar-refractivity contribution in [3.8, 4) is 5.75 Å². The lowest BCUT2D eigenvalue weighted by Gasteiger charge is -2.34. The molecule has 0 aromatic heterocycles. The predicted molar refractivity (Wildman–Crippen MR) is 87.8 cm³/mol. The van der Waals surface area contributed by atoms with Gasteiger partial charge < -0.3 is 14.7 Å². The molecule has 2 rings (SSSR count). The van der Waals surface area contributed by atoms with Gasteiger partial charge in [0.05, 0.1) is 18.1 Å². The van der Waals surface area contributed by atoms with E-state index in [9.17, 15) is 14.7 Å². The molecule has 0 aliphatic carbocycles. The normalized spacial score (nSPS) is 21.1. The van der Waals surface area contributed by atoms with E-state index in [1.54, 1.807) is 24.1 Å². The van der Waals surface area contributed by atoms with Crippen molar-refractivity contribution in [2.75, 3.05) is 20.2 Å². The highest BCUT2D eigenvalue weighted by atomic mass is 35.5. The number of aliphatic carboxylic acids is 1. The minimum absolute atomic E-state index is 0.00487. The van der Waals surface area contributed by atoms with E-state index in [-0.39, 0.29) is 11.8 Å². The topological polar surface area (TPSA) is 66.8 Å². The van der Waals surface area contributed by atoms with Gasteiger partial charge in [0.25, 0.3) is 0 Å². The fraction of sp³-hybridized carbons (Fsp3) is 0.529. The van der Waals surface area contributed by atoms with Gasteiger partial charge in [0, 0.05) is 19.5 Å². The molecule has 2 atom stereocenters. The monoisotopic (exact) mass is 339 g/mol. The Balaban J connectivity index is 1.93. The number of benzene rings is 1. The van der Waals surface area contributed by atoms with Crippen LogP contribution in [0, 0.1) is 11.8 Å². The summed E-state index contributed by atoms with van der Waals surface area (Å²) in [4.78, 5) is 25.2. The molecule has 1 heterocycles. The minimum atomic E-state index is -0.823. The lowest BCUT2D eigenvalue weighted by molar-refractivity contribution is -0.146. The van der Waals surface area contributed by atoms with Crippen molar-refractivity contribution in [3.63, 3.8) is 0 Å². The van der Waals surface area contributed by atoms with Crippen LogP contribution in [-0.2, 0) is 16.0 Å². The Labute approximate surface area is 141 Å². The van der Waals surface area contributed by atoms with Crippen LogP contribution in [0.5, 0.6) is 5.75 Å². The zero-order chi connectivity index (χ0) is 17.0. The van der Waals surface area contributed by atoms with Crippen molar-refractivity contribution in [2.45, 2.75) is 26.2 Å². The summed E-state index contributed by atoms with van der Waals surface area (Å²) >= 11 is 6.08. The van der Waals surface area contributed by atoms with Crippen LogP contribution in [-0.4, -0.2) is 42.1 Å². The molecule has 1 aliphatic heterocycles. The lowest BCUT2D eigenvalue weighted by atomic mass is 9.90. The number of carboxylic acids is 1. The maximum atomic E-state index is 12.4. The number of carboxylic acid groups (broad SMARTS) is 1. The first-order valence-corrected chi connectivity index (χ1v) is 8.11. The summed E-state index contributed by atoms with van der Waals surface area (Å²) in [5, 5.41) is 9.70. The quantitative estimate of drug-likeness (QED) is 0.895. The number of carbonyl (C=O) groups is 2. The Hall–Kier alpha value is -1.75. The van der Waals surface area contributed by atoms with Gasteiger partial charge in [0.15, 0.2) is 0 Å². The molecule has 23 heavy (non-hydrogen) atoms.